The molecule has 0 amide bonds. The van der Waals surface area contributed by atoms with Crippen LogP contribution in [0.15, 0.2) is 95.6 Å². The van der Waals surface area contributed by atoms with E-state index in [4.69, 9.17) is 9.15 Å². The van der Waals surface area contributed by atoms with Gasteiger partial charge in [-0.25, -0.2) is 4.98 Å². The molecule has 4 heteroatoms. The first-order valence-electron chi connectivity index (χ1n) is 9.84. The SMILES string of the molecule is CCOc1cccc(-c2nc(CNC(c3ccccc3)c3ccccc3)co2)c1. The van der Waals surface area contributed by atoms with Crippen LogP contribution in [0, 0.1) is 0 Å². The highest BCUT2D eigenvalue weighted by Crippen LogP contribution is 2.25. The summed E-state index contributed by atoms with van der Waals surface area (Å²) in [6.07, 6.45) is 1.71. The maximum atomic E-state index is 5.72. The van der Waals surface area contributed by atoms with E-state index >= 15 is 0 Å². The largest absolute Gasteiger partial charge is 0.494 e. The van der Waals surface area contributed by atoms with E-state index in [0.29, 0.717) is 19.0 Å². The minimum absolute atomic E-state index is 0.0823. The number of ether oxygens (including phenoxy) is 1. The molecule has 0 radical (unpaired) electrons. The lowest BCUT2D eigenvalue weighted by molar-refractivity contribution is 0.340. The van der Waals surface area contributed by atoms with Crippen LogP contribution in [0.2, 0.25) is 0 Å². The summed E-state index contributed by atoms with van der Waals surface area (Å²) in [6, 6.07) is 28.7. The number of nitrogens with zero attached hydrogens (tertiary/aromatic N) is 1. The van der Waals surface area contributed by atoms with E-state index in [2.05, 4.69) is 58.8 Å². The molecule has 0 unspecified atom stereocenters. The summed E-state index contributed by atoms with van der Waals surface area (Å²) in [4.78, 5) is 4.66. The van der Waals surface area contributed by atoms with Gasteiger partial charge in [-0.15, -0.1) is 0 Å². The van der Waals surface area contributed by atoms with E-state index < -0.39 is 0 Å². The molecule has 4 aromatic rings. The third-order valence-corrected chi connectivity index (χ3v) is 4.70. The van der Waals surface area contributed by atoms with Crippen molar-refractivity contribution in [2.24, 2.45) is 0 Å². The van der Waals surface area contributed by atoms with Gasteiger partial charge in [0.05, 0.1) is 18.3 Å². The van der Waals surface area contributed by atoms with Crippen LogP contribution in [0.5, 0.6) is 5.75 Å². The quantitative estimate of drug-likeness (QED) is 0.428. The van der Waals surface area contributed by atoms with Crippen LogP contribution in [-0.2, 0) is 6.54 Å². The number of benzene rings is 3. The lowest BCUT2D eigenvalue weighted by Gasteiger charge is -2.19. The Balaban J connectivity index is 1.51. The van der Waals surface area contributed by atoms with Crippen LogP contribution >= 0.6 is 0 Å². The first kappa shape index (κ1) is 19.0. The van der Waals surface area contributed by atoms with Crippen molar-refractivity contribution in [3.63, 3.8) is 0 Å². The fourth-order valence-corrected chi connectivity index (χ4v) is 3.33. The lowest BCUT2D eigenvalue weighted by Crippen LogP contribution is -2.22. The highest BCUT2D eigenvalue weighted by Gasteiger charge is 2.15. The minimum Gasteiger partial charge on any atom is -0.494 e. The highest BCUT2D eigenvalue weighted by atomic mass is 16.5. The van der Waals surface area contributed by atoms with Crippen LogP contribution in [0.1, 0.15) is 29.8 Å². The van der Waals surface area contributed by atoms with Gasteiger partial charge >= 0.3 is 0 Å². The molecule has 0 aliphatic rings. The van der Waals surface area contributed by atoms with Gasteiger partial charge in [0.25, 0.3) is 0 Å². The molecule has 29 heavy (non-hydrogen) atoms. The van der Waals surface area contributed by atoms with Crippen molar-refractivity contribution in [2.75, 3.05) is 6.61 Å². The molecule has 0 saturated heterocycles. The number of hydrogen-bond acceptors (Lipinski definition) is 4. The minimum atomic E-state index is 0.0823. The third kappa shape index (κ3) is 4.73. The van der Waals surface area contributed by atoms with E-state index in [1.807, 2.05) is 43.3 Å². The average molecular weight is 384 g/mol. The predicted octanol–water partition coefficient (Wildman–Crippen LogP) is 5.62. The molecular weight excluding hydrogens is 360 g/mol. The van der Waals surface area contributed by atoms with Crippen LogP contribution < -0.4 is 10.1 Å². The summed E-state index contributed by atoms with van der Waals surface area (Å²) in [5, 5.41) is 3.62. The molecule has 146 valence electrons. The summed E-state index contributed by atoms with van der Waals surface area (Å²) in [5.74, 6) is 1.41. The standard InChI is InChI=1S/C25H24N2O2/c1-2-28-23-15-9-14-21(16-23)25-27-22(18-29-25)17-26-24(19-10-5-3-6-11-19)20-12-7-4-8-13-20/h3-16,18,24,26H,2,17H2,1H3. The summed E-state index contributed by atoms with van der Waals surface area (Å²) < 4.78 is 11.3. The number of oxazole rings is 1. The highest BCUT2D eigenvalue weighted by molar-refractivity contribution is 5.56. The molecule has 0 aliphatic carbocycles. The maximum Gasteiger partial charge on any atom is 0.226 e. The Morgan fingerprint density at radius 3 is 2.24 bits per heavy atom. The molecule has 0 saturated carbocycles. The average Bonchev–Trinajstić information content (AvgIpc) is 3.25. The summed E-state index contributed by atoms with van der Waals surface area (Å²) in [5.41, 5.74) is 4.20. The van der Waals surface area contributed by atoms with E-state index in [9.17, 15) is 0 Å². The molecular formula is C25H24N2O2. The van der Waals surface area contributed by atoms with Crippen molar-refractivity contribution in [3.8, 4) is 17.2 Å². The second kappa shape index (κ2) is 9.22. The Labute approximate surface area is 171 Å². The summed E-state index contributed by atoms with van der Waals surface area (Å²) >= 11 is 0. The zero-order valence-corrected chi connectivity index (χ0v) is 16.4. The fourth-order valence-electron chi connectivity index (χ4n) is 3.33. The molecule has 0 bridgehead atoms. The van der Waals surface area contributed by atoms with Gasteiger partial charge in [0.15, 0.2) is 0 Å². The second-order valence-corrected chi connectivity index (χ2v) is 6.74. The van der Waals surface area contributed by atoms with E-state index in [-0.39, 0.29) is 6.04 Å². The van der Waals surface area contributed by atoms with E-state index in [1.54, 1.807) is 6.26 Å². The Morgan fingerprint density at radius 2 is 1.59 bits per heavy atom. The van der Waals surface area contributed by atoms with Crippen molar-refractivity contribution in [3.05, 3.63) is 108 Å². The number of aromatic nitrogens is 1. The van der Waals surface area contributed by atoms with Crippen LogP contribution in [0.25, 0.3) is 11.5 Å². The molecule has 3 aromatic carbocycles. The van der Waals surface area contributed by atoms with Crippen molar-refractivity contribution < 1.29 is 9.15 Å². The molecule has 1 heterocycles. The molecule has 0 fully saturated rings. The van der Waals surface area contributed by atoms with Crippen molar-refractivity contribution in [1.29, 1.82) is 0 Å². The predicted molar refractivity (Wildman–Crippen MR) is 115 cm³/mol. The summed E-state index contributed by atoms with van der Waals surface area (Å²) in [6.45, 7) is 3.20. The van der Waals surface area contributed by atoms with Gasteiger partial charge in [0.2, 0.25) is 5.89 Å². The van der Waals surface area contributed by atoms with Crippen LogP contribution in [-0.4, -0.2) is 11.6 Å². The van der Waals surface area contributed by atoms with Gasteiger partial charge in [0, 0.05) is 12.1 Å². The first-order chi connectivity index (χ1) is 14.3. The Hall–Kier alpha value is -3.37. The van der Waals surface area contributed by atoms with Gasteiger partial charge in [-0.2, -0.15) is 0 Å². The second-order valence-electron chi connectivity index (χ2n) is 6.74. The van der Waals surface area contributed by atoms with Gasteiger partial charge in [-0.05, 0) is 36.2 Å². The Kier molecular flexibility index (Phi) is 6.03. The number of rotatable bonds is 8. The summed E-state index contributed by atoms with van der Waals surface area (Å²) in [7, 11) is 0. The monoisotopic (exact) mass is 384 g/mol. The Morgan fingerprint density at radius 1 is 0.897 bits per heavy atom. The first-order valence-corrected chi connectivity index (χ1v) is 9.84. The molecule has 4 nitrogen and oxygen atoms in total. The van der Waals surface area contributed by atoms with Crippen LogP contribution in [0.3, 0.4) is 0 Å². The molecule has 0 atom stereocenters. The van der Waals surface area contributed by atoms with Gasteiger partial charge in [-0.3, -0.25) is 0 Å². The van der Waals surface area contributed by atoms with E-state index in [1.165, 1.54) is 11.1 Å². The number of hydrogen-bond donors (Lipinski definition) is 1. The molecule has 0 aliphatic heterocycles. The van der Waals surface area contributed by atoms with Gasteiger partial charge in [0.1, 0.15) is 12.0 Å². The van der Waals surface area contributed by atoms with Crippen LogP contribution in [0.4, 0.5) is 0 Å². The zero-order chi connectivity index (χ0) is 19.9. The smallest absolute Gasteiger partial charge is 0.226 e. The maximum absolute atomic E-state index is 5.72. The van der Waals surface area contributed by atoms with Crippen molar-refractivity contribution in [2.45, 2.75) is 19.5 Å². The molecule has 4 rings (SSSR count). The normalized spacial score (nSPS) is 11.0. The molecule has 1 N–H and O–H groups in total. The van der Waals surface area contributed by atoms with Gasteiger partial charge in [-0.1, -0.05) is 66.7 Å². The number of nitrogens with one attached hydrogen (secondary N) is 1. The zero-order valence-electron chi connectivity index (χ0n) is 16.4. The fraction of sp³-hybridized carbons (Fsp3) is 0.160. The van der Waals surface area contributed by atoms with E-state index in [0.717, 1.165) is 17.0 Å². The van der Waals surface area contributed by atoms with Crippen molar-refractivity contribution >= 4 is 0 Å². The third-order valence-electron chi connectivity index (χ3n) is 4.70. The lowest BCUT2D eigenvalue weighted by atomic mass is 9.99. The van der Waals surface area contributed by atoms with Crippen molar-refractivity contribution in [1.82, 2.24) is 10.3 Å². The Bertz CT molecular complexity index is 989. The van der Waals surface area contributed by atoms with Gasteiger partial charge < -0.3 is 14.5 Å². The topological polar surface area (TPSA) is 47.3 Å². The molecule has 1 aromatic heterocycles. The molecule has 0 spiro atoms.